The molecular weight excluding hydrogens is 1110 g/mol. The van der Waals surface area contributed by atoms with Crippen LogP contribution in [0.15, 0.2) is 69.5 Å². The number of piperazine rings is 2. The molecule has 2 aliphatic rings. The van der Waals surface area contributed by atoms with Crippen LogP contribution in [0.4, 0.5) is 8.78 Å². The highest BCUT2D eigenvalue weighted by Gasteiger charge is 2.48. The number of ether oxygens (including phenoxy) is 1. The minimum Gasteiger partial charge on any atom is -0.481 e. The number of carbonyl (C=O) groups is 6. The summed E-state index contributed by atoms with van der Waals surface area (Å²) in [6.07, 6.45) is 0. The van der Waals surface area contributed by atoms with Crippen LogP contribution in [-0.2, 0) is 34.7 Å². The standard InChI is InChI=1S/C29H33ClFN3O5.C25H27ClFN3O3.C6H11ClO2/c1-27(2,3)17-13-20(16-8-9-18(30)19(31)12-16)32-21-14-22(39-23(17)21)24(35)34-11-10-33(25(36)29(34,6)7)15-28(4,5)26(37)38;1-24(2,3)15-12-18(14-7-8-16(26)17(27)11-14)28-19-13-20(33-21(15)19)22(31)30-10-9-29(6)23(32)25(30,4)5;1-6(2,4-7)5(8)9-3/h8-9,12-14H,10-11,15H2,1-7H3,(H,37,38);7-8,11-13H,9-10H2,1-6H3;4H2,1-3H3. The molecule has 0 radical (unpaired) electrons. The lowest BCUT2D eigenvalue weighted by Crippen LogP contribution is -2.65. The van der Waals surface area contributed by atoms with E-state index in [1.165, 1.54) is 41.2 Å². The number of halogens is 5. The van der Waals surface area contributed by atoms with Crippen molar-refractivity contribution in [3.63, 3.8) is 0 Å². The Hall–Kier alpha value is -6.63. The van der Waals surface area contributed by atoms with Crippen molar-refractivity contribution < 1.29 is 56.2 Å². The van der Waals surface area contributed by atoms with Crippen molar-refractivity contribution >= 4 is 92.6 Å². The Labute approximate surface area is 486 Å². The van der Waals surface area contributed by atoms with E-state index in [1.807, 2.05) is 53.7 Å². The molecule has 1 N–H and O–H groups in total. The maximum absolute atomic E-state index is 14.2. The van der Waals surface area contributed by atoms with Gasteiger partial charge in [-0.15, -0.1) is 11.6 Å². The summed E-state index contributed by atoms with van der Waals surface area (Å²) in [7, 11) is 3.09. The monoisotopic (exact) mass is 1180 g/mol. The van der Waals surface area contributed by atoms with Crippen molar-refractivity contribution in [1.82, 2.24) is 29.6 Å². The number of alkyl halides is 1. The summed E-state index contributed by atoms with van der Waals surface area (Å²) in [6, 6.07) is 15.8. The van der Waals surface area contributed by atoms with Crippen molar-refractivity contribution in [3.05, 3.63) is 105 Å². The number of hydrogen-bond donors (Lipinski definition) is 1. The Kier molecular flexibility index (Phi) is 18.3. The van der Waals surface area contributed by atoms with Crippen LogP contribution in [0, 0.1) is 22.5 Å². The van der Waals surface area contributed by atoms with Gasteiger partial charge >= 0.3 is 11.9 Å². The number of aliphatic carboxylic acids is 1. The molecule has 2 aliphatic heterocycles. The molecule has 2 aromatic carbocycles. The first-order valence-corrected chi connectivity index (χ1v) is 27.4. The normalized spacial score (nSPS) is 15.8. The molecule has 6 aromatic rings. The number of carboxylic acid groups (broad SMARTS) is 1. The number of methoxy groups -OCH3 is 1. The zero-order valence-corrected chi connectivity index (χ0v) is 51.0. The third-order valence-corrected chi connectivity index (χ3v) is 15.7. The molecule has 2 fully saturated rings. The van der Waals surface area contributed by atoms with Gasteiger partial charge in [-0.2, -0.15) is 0 Å². The molecular formula is C60H71Cl3F2N6O10. The Morgan fingerprint density at radius 3 is 1.41 bits per heavy atom. The lowest BCUT2D eigenvalue weighted by Gasteiger charge is -2.46. The summed E-state index contributed by atoms with van der Waals surface area (Å²) in [6.45, 7) is 26.7. The van der Waals surface area contributed by atoms with Crippen molar-refractivity contribution in [1.29, 1.82) is 0 Å². The summed E-state index contributed by atoms with van der Waals surface area (Å²) in [5.41, 5.74) is 1.05. The second-order valence-corrected chi connectivity index (χ2v) is 25.8. The van der Waals surface area contributed by atoms with Gasteiger partial charge in [0.25, 0.3) is 11.8 Å². The average molecular weight is 1180 g/mol. The average Bonchev–Trinajstić information content (AvgIpc) is 4.09. The van der Waals surface area contributed by atoms with Gasteiger partial charge in [0.05, 0.1) is 39.4 Å². The summed E-state index contributed by atoms with van der Waals surface area (Å²) >= 11 is 17.2. The molecule has 8 rings (SSSR count). The van der Waals surface area contributed by atoms with Gasteiger partial charge in [0.15, 0.2) is 22.7 Å². The molecule has 2 saturated heterocycles. The number of carbonyl (C=O) groups excluding carboxylic acids is 5. The number of nitrogens with zero attached hydrogens (tertiary/aromatic N) is 6. The molecule has 6 heterocycles. The SMILES string of the molecule is CC(C)(CN1CCN(C(=O)c2cc3nc(-c4ccc(Cl)c(F)c4)cc(C(C)(C)C)c3o2)C(C)(C)C1=O)C(=O)O.CN1CCN(C(=O)c2cc3nc(-c4ccc(Cl)c(F)c4)cc(C(C)(C)C)c3o2)C(C)(C)C1=O.COC(=O)C(C)(C)CCl. The highest BCUT2D eigenvalue weighted by Crippen LogP contribution is 2.39. The fourth-order valence-corrected chi connectivity index (χ4v) is 9.64. The van der Waals surface area contributed by atoms with E-state index in [2.05, 4.69) is 14.7 Å². The van der Waals surface area contributed by atoms with Crippen molar-refractivity contribution in [2.24, 2.45) is 10.8 Å². The van der Waals surface area contributed by atoms with Gasteiger partial charge in [-0.3, -0.25) is 28.8 Å². The highest BCUT2D eigenvalue weighted by atomic mass is 35.5. The Morgan fingerprint density at radius 2 is 1.05 bits per heavy atom. The van der Waals surface area contributed by atoms with Crippen LogP contribution in [0.1, 0.15) is 129 Å². The zero-order valence-electron chi connectivity index (χ0n) is 48.7. The number of furan rings is 2. The van der Waals surface area contributed by atoms with Crippen LogP contribution in [0.3, 0.4) is 0 Å². The van der Waals surface area contributed by atoms with Crippen LogP contribution in [0.5, 0.6) is 0 Å². The molecule has 0 spiro atoms. The van der Waals surface area contributed by atoms with Gasteiger partial charge in [0, 0.05) is 80.0 Å². The van der Waals surface area contributed by atoms with E-state index >= 15 is 0 Å². The minimum absolute atomic E-state index is 0.0100. The number of pyridine rings is 2. The first kappa shape index (κ1) is 63.6. The Morgan fingerprint density at radius 1 is 0.642 bits per heavy atom. The van der Waals surface area contributed by atoms with Crippen LogP contribution in [0.2, 0.25) is 10.0 Å². The number of fused-ring (bicyclic) bond motifs is 2. The molecule has 4 aromatic heterocycles. The molecule has 4 amide bonds. The third-order valence-electron chi connectivity index (χ3n) is 14.4. The van der Waals surface area contributed by atoms with Crippen molar-refractivity contribution in [2.75, 3.05) is 52.8 Å². The molecule has 0 bridgehead atoms. The maximum Gasteiger partial charge on any atom is 0.312 e. The summed E-state index contributed by atoms with van der Waals surface area (Å²) < 4.78 is 44.9. The van der Waals surface area contributed by atoms with Gasteiger partial charge < -0.3 is 38.3 Å². The number of esters is 1. The van der Waals surface area contributed by atoms with Crippen LogP contribution < -0.4 is 0 Å². The summed E-state index contributed by atoms with van der Waals surface area (Å²) in [5.74, 6) is -3.22. The second-order valence-electron chi connectivity index (χ2n) is 24.7. The van der Waals surface area contributed by atoms with E-state index in [9.17, 15) is 42.7 Å². The fourth-order valence-electron chi connectivity index (χ4n) is 9.30. The Bertz CT molecular complexity index is 3450. The predicted octanol–water partition coefficient (Wildman–Crippen LogP) is 12.5. The molecule has 81 heavy (non-hydrogen) atoms. The van der Waals surface area contributed by atoms with Gasteiger partial charge in [-0.25, -0.2) is 18.7 Å². The van der Waals surface area contributed by atoms with E-state index in [0.717, 1.165) is 11.1 Å². The molecule has 0 aliphatic carbocycles. The van der Waals surface area contributed by atoms with E-state index in [0.29, 0.717) is 63.7 Å². The molecule has 0 saturated carbocycles. The smallest absolute Gasteiger partial charge is 0.312 e. The number of rotatable bonds is 9. The first-order chi connectivity index (χ1) is 37.3. The first-order valence-electron chi connectivity index (χ1n) is 26.2. The molecule has 0 unspecified atom stereocenters. The Balaban J connectivity index is 0.000000229. The zero-order chi connectivity index (χ0) is 60.9. The number of likely N-dealkylation sites (N-methyl/N-ethyl adjacent to an activating group) is 1. The summed E-state index contributed by atoms with van der Waals surface area (Å²) in [5, 5.41) is 9.55. The predicted molar refractivity (Wildman–Crippen MR) is 309 cm³/mol. The number of aromatic nitrogens is 2. The number of amides is 4. The van der Waals surface area contributed by atoms with Gasteiger partial charge in [0.1, 0.15) is 33.7 Å². The van der Waals surface area contributed by atoms with Crippen LogP contribution >= 0.6 is 34.8 Å². The minimum atomic E-state index is -1.23. The topological polar surface area (TPSA) is 197 Å². The number of hydrogen-bond acceptors (Lipinski definition) is 11. The van der Waals surface area contributed by atoms with E-state index in [4.69, 9.17) is 43.6 Å². The molecule has 21 heteroatoms. The molecule has 0 atom stereocenters. The van der Waals surface area contributed by atoms with E-state index in [1.54, 1.807) is 96.5 Å². The quantitative estimate of drug-likeness (QED) is 0.106. The van der Waals surface area contributed by atoms with E-state index < -0.39 is 50.8 Å². The lowest BCUT2D eigenvalue weighted by atomic mass is 9.86. The van der Waals surface area contributed by atoms with Gasteiger partial charge in [-0.1, -0.05) is 76.9 Å². The number of carboxylic acids is 1. The van der Waals surface area contributed by atoms with Gasteiger partial charge in [0.2, 0.25) is 11.8 Å². The second kappa shape index (κ2) is 23.3. The highest BCUT2D eigenvalue weighted by molar-refractivity contribution is 6.31. The third kappa shape index (κ3) is 13.3. The largest absolute Gasteiger partial charge is 0.481 e. The van der Waals surface area contributed by atoms with Crippen molar-refractivity contribution in [3.8, 4) is 22.5 Å². The summed E-state index contributed by atoms with van der Waals surface area (Å²) in [4.78, 5) is 90.9. The maximum atomic E-state index is 14.2. The van der Waals surface area contributed by atoms with E-state index in [-0.39, 0.29) is 70.3 Å². The van der Waals surface area contributed by atoms with Crippen LogP contribution in [0.25, 0.3) is 44.7 Å². The van der Waals surface area contributed by atoms with Crippen molar-refractivity contribution in [2.45, 2.75) is 119 Å². The molecule has 16 nitrogen and oxygen atoms in total. The lowest BCUT2D eigenvalue weighted by molar-refractivity contribution is -0.155. The molecule has 436 valence electrons. The van der Waals surface area contributed by atoms with Gasteiger partial charge in [-0.05, 0) is 103 Å². The number of benzene rings is 2. The fraction of sp³-hybridized carbons (Fsp3) is 0.467. The van der Waals surface area contributed by atoms with Crippen LogP contribution in [-0.4, -0.2) is 134 Å².